The average molecular weight is 215 g/mol. The summed E-state index contributed by atoms with van der Waals surface area (Å²) >= 11 is 0. The van der Waals surface area contributed by atoms with E-state index in [9.17, 15) is 9.59 Å². The quantitative estimate of drug-likeness (QED) is 0.708. The zero-order valence-electron chi connectivity index (χ0n) is 9.48. The van der Waals surface area contributed by atoms with Gasteiger partial charge in [0.05, 0.1) is 6.04 Å². The van der Waals surface area contributed by atoms with Gasteiger partial charge in [-0.15, -0.1) is 0 Å². The van der Waals surface area contributed by atoms with E-state index >= 15 is 0 Å². The number of aliphatic carboxylic acids is 1. The molecule has 2 atom stereocenters. The van der Waals surface area contributed by atoms with Crippen LogP contribution in [-0.2, 0) is 9.53 Å². The summed E-state index contributed by atoms with van der Waals surface area (Å²) in [4.78, 5) is 23.6. The Balaban J connectivity index is 2.59. The highest BCUT2D eigenvalue weighted by molar-refractivity contribution is 5.87. The fraction of sp³-hybridized carbons (Fsp3) is 0.800. The Hall–Kier alpha value is -1.26. The minimum absolute atomic E-state index is 0.211. The van der Waals surface area contributed by atoms with Crippen LogP contribution in [-0.4, -0.2) is 39.8 Å². The first kappa shape index (κ1) is 11.8. The molecule has 1 aliphatic rings. The second kappa shape index (κ2) is 3.72. The Labute approximate surface area is 89.0 Å². The van der Waals surface area contributed by atoms with Crippen LogP contribution in [0, 0.1) is 0 Å². The highest BCUT2D eigenvalue weighted by Gasteiger charge is 2.56. The van der Waals surface area contributed by atoms with Crippen molar-refractivity contribution < 1.29 is 19.4 Å². The normalized spacial score (nSPS) is 24.9. The molecular formula is C10H17NO4. The Kier molecular flexibility index (Phi) is 2.93. The van der Waals surface area contributed by atoms with Crippen molar-refractivity contribution in [1.29, 1.82) is 0 Å². The topological polar surface area (TPSA) is 66.6 Å². The molecule has 1 fully saturated rings. The van der Waals surface area contributed by atoms with E-state index in [0.717, 1.165) is 0 Å². The van der Waals surface area contributed by atoms with Crippen LogP contribution in [0.2, 0.25) is 0 Å². The first-order valence-corrected chi connectivity index (χ1v) is 5.02. The van der Waals surface area contributed by atoms with Crippen LogP contribution in [0.3, 0.4) is 0 Å². The lowest BCUT2D eigenvalue weighted by Crippen LogP contribution is -2.29. The molecule has 1 rings (SSSR count). The van der Waals surface area contributed by atoms with E-state index in [-0.39, 0.29) is 6.04 Å². The maximum atomic E-state index is 11.5. The van der Waals surface area contributed by atoms with Gasteiger partial charge in [-0.05, 0) is 27.2 Å². The molecule has 0 radical (unpaired) electrons. The number of hydrogen-bond donors (Lipinski definition) is 1. The maximum absolute atomic E-state index is 11.5. The molecular weight excluding hydrogens is 198 g/mol. The van der Waals surface area contributed by atoms with Gasteiger partial charge in [-0.3, -0.25) is 4.90 Å². The lowest BCUT2D eigenvalue weighted by atomic mass is 10.2. The predicted molar refractivity (Wildman–Crippen MR) is 53.6 cm³/mol. The van der Waals surface area contributed by atoms with Crippen LogP contribution in [0.5, 0.6) is 0 Å². The Morgan fingerprint density at radius 3 is 2.20 bits per heavy atom. The van der Waals surface area contributed by atoms with Crippen molar-refractivity contribution in [2.24, 2.45) is 0 Å². The van der Waals surface area contributed by atoms with E-state index in [4.69, 9.17) is 9.84 Å². The van der Waals surface area contributed by atoms with Gasteiger partial charge in [0.25, 0.3) is 0 Å². The summed E-state index contributed by atoms with van der Waals surface area (Å²) in [6.07, 6.45) is 0.0951. The summed E-state index contributed by atoms with van der Waals surface area (Å²) in [5, 5.41) is 8.82. The Bertz CT molecular complexity index is 282. The smallest absolute Gasteiger partial charge is 0.411 e. The molecule has 1 unspecified atom stereocenters. The minimum Gasteiger partial charge on any atom is -0.480 e. The molecule has 1 aliphatic heterocycles. The summed E-state index contributed by atoms with van der Waals surface area (Å²) in [6, 6.07) is -0.915. The molecule has 1 amide bonds. The molecule has 1 saturated heterocycles. The van der Waals surface area contributed by atoms with E-state index in [2.05, 4.69) is 0 Å². The fourth-order valence-electron chi connectivity index (χ4n) is 1.55. The SMILES string of the molecule is CCC1[C@@H](C(=O)O)N1C(=O)OC(C)(C)C. The van der Waals surface area contributed by atoms with E-state index < -0.39 is 23.7 Å². The van der Waals surface area contributed by atoms with Crippen LogP contribution >= 0.6 is 0 Å². The van der Waals surface area contributed by atoms with Crippen molar-refractivity contribution >= 4 is 12.1 Å². The zero-order chi connectivity index (χ0) is 11.8. The number of hydrogen-bond acceptors (Lipinski definition) is 3. The molecule has 0 aromatic heterocycles. The first-order valence-electron chi connectivity index (χ1n) is 5.02. The Morgan fingerprint density at radius 1 is 1.40 bits per heavy atom. The summed E-state index contributed by atoms with van der Waals surface area (Å²) < 4.78 is 5.10. The second-order valence-electron chi connectivity index (χ2n) is 4.65. The van der Waals surface area contributed by atoms with Crippen molar-refractivity contribution in [1.82, 2.24) is 4.90 Å². The van der Waals surface area contributed by atoms with Crippen LogP contribution in [0.4, 0.5) is 4.79 Å². The maximum Gasteiger partial charge on any atom is 0.411 e. The van der Waals surface area contributed by atoms with Crippen LogP contribution in [0.15, 0.2) is 0 Å². The lowest BCUT2D eigenvalue weighted by Gasteiger charge is -2.19. The molecule has 1 N–H and O–H groups in total. The van der Waals surface area contributed by atoms with Crippen LogP contribution in [0.25, 0.3) is 0 Å². The van der Waals surface area contributed by atoms with E-state index in [0.29, 0.717) is 6.42 Å². The molecule has 0 saturated carbocycles. The number of carboxylic acids is 1. The zero-order valence-corrected chi connectivity index (χ0v) is 9.48. The second-order valence-corrected chi connectivity index (χ2v) is 4.65. The molecule has 5 heteroatoms. The molecule has 0 aromatic carbocycles. The number of rotatable bonds is 2. The number of carbonyl (C=O) groups is 2. The van der Waals surface area contributed by atoms with Gasteiger partial charge in [0.15, 0.2) is 6.04 Å². The van der Waals surface area contributed by atoms with Crippen LogP contribution < -0.4 is 0 Å². The molecule has 0 aromatic rings. The number of nitrogens with zero attached hydrogens (tertiary/aromatic N) is 1. The average Bonchev–Trinajstić information content (AvgIpc) is 2.73. The predicted octanol–water partition coefficient (Wildman–Crippen LogP) is 1.47. The third kappa shape index (κ3) is 2.61. The van der Waals surface area contributed by atoms with Crippen molar-refractivity contribution in [2.45, 2.75) is 51.8 Å². The van der Waals surface area contributed by atoms with Gasteiger partial charge >= 0.3 is 12.1 Å². The Morgan fingerprint density at radius 2 is 1.93 bits per heavy atom. The molecule has 1 heterocycles. The van der Waals surface area contributed by atoms with Gasteiger partial charge in [-0.2, -0.15) is 0 Å². The summed E-state index contributed by atoms with van der Waals surface area (Å²) in [7, 11) is 0. The molecule has 0 aliphatic carbocycles. The summed E-state index contributed by atoms with van der Waals surface area (Å²) in [5.41, 5.74) is -0.582. The van der Waals surface area contributed by atoms with Gasteiger partial charge in [-0.1, -0.05) is 6.92 Å². The van der Waals surface area contributed by atoms with Crippen molar-refractivity contribution in [2.75, 3.05) is 0 Å². The van der Waals surface area contributed by atoms with Crippen LogP contribution in [0.1, 0.15) is 34.1 Å². The van der Waals surface area contributed by atoms with Gasteiger partial charge in [0.2, 0.25) is 0 Å². The van der Waals surface area contributed by atoms with Crippen molar-refractivity contribution in [3.63, 3.8) is 0 Å². The van der Waals surface area contributed by atoms with Crippen molar-refractivity contribution in [3.05, 3.63) is 0 Å². The van der Waals surface area contributed by atoms with Gasteiger partial charge in [0, 0.05) is 0 Å². The number of carbonyl (C=O) groups excluding carboxylic acids is 1. The standard InChI is InChI=1S/C10H17NO4/c1-5-6-7(8(12)13)11(6)9(14)15-10(2,3)4/h6-7H,5H2,1-4H3,(H,12,13)/t6?,7-,11?/m0/s1. The minimum atomic E-state index is -0.965. The van der Waals surface area contributed by atoms with Gasteiger partial charge < -0.3 is 9.84 Å². The molecule has 15 heavy (non-hydrogen) atoms. The molecule has 86 valence electrons. The molecule has 0 bridgehead atoms. The monoisotopic (exact) mass is 215 g/mol. The van der Waals surface area contributed by atoms with Crippen molar-refractivity contribution in [3.8, 4) is 0 Å². The van der Waals surface area contributed by atoms with Gasteiger partial charge in [0.1, 0.15) is 5.60 Å². The highest BCUT2D eigenvalue weighted by Crippen LogP contribution is 2.32. The summed E-state index contributed by atoms with van der Waals surface area (Å²) in [6.45, 7) is 7.12. The largest absolute Gasteiger partial charge is 0.480 e. The number of amides is 1. The lowest BCUT2D eigenvalue weighted by molar-refractivity contribution is -0.137. The van der Waals surface area contributed by atoms with E-state index in [1.54, 1.807) is 20.8 Å². The molecule has 0 spiro atoms. The van der Waals surface area contributed by atoms with E-state index in [1.807, 2.05) is 6.92 Å². The molecule has 5 nitrogen and oxygen atoms in total. The third-order valence-electron chi connectivity index (χ3n) is 2.21. The first-order chi connectivity index (χ1) is 6.78. The van der Waals surface area contributed by atoms with Gasteiger partial charge in [-0.25, -0.2) is 9.59 Å². The highest BCUT2D eigenvalue weighted by atomic mass is 16.6. The number of carboxylic acid groups (broad SMARTS) is 1. The third-order valence-corrected chi connectivity index (χ3v) is 2.21. The summed E-state index contributed by atoms with van der Waals surface area (Å²) in [5.74, 6) is -0.965. The fourth-order valence-corrected chi connectivity index (χ4v) is 1.55. The number of ether oxygens (including phenoxy) is 1. The van der Waals surface area contributed by atoms with E-state index in [1.165, 1.54) is 4.90 Å².